The third kappa shape index (κ3) is 5.57. The fraction of sp³-hybridized carbons (Fsp3) is 0.387. The highest BCUT2D eigenvalue weighted by Gasteiger charge is 2.35. The summed E-state index contributed by atoms with van der Waals surface area (Å²) in [5, 5.41) is 3.74. The average Bonchev–Trinajstić information content (AvgIpc) is 2.95. The van der Waals surface area contributed by atoms with Crippen molar-refractivity contribution in [2.45, 2.75) is 57.7 Å². The topological polar surface area (TPSA) is 62.9 Å². The number of guanidine groups is 1. The highest BCUT2D eigenvalue weighted by atomic mass is 16.5. The Morgan fingerprint density at radius 2 is 1.67 bits per heavy atom. The lowest BCUT2D eigenvalue weighted by Crippen LogP contribution is -2.51. The van der Waals surface area contributed by atoms with Gasteiger partial charge in [-0.25, -0.2) is 4.99 Å². The second-order valence-electron chi connectivity index (χ2n) is 10.0. The Morgan fingerprint density at radius 3 is 2.44 bits per heavy atom. The summed E-state index contributed by atoms with van der Waals surface area (Å²) in [5.74, 6) is 2.55. The molecule has 0 spiro atoms. The van der Waals surface area contributed by atoms with E-state index in [1.54, 1.807) is 7.11 Å². The molecule has 1 heterocycles. The molecule has 5 nitrogen and oxygen atoms in total. The van der Waals surface area contributed by atoms with E-state index in [4.69, 9.17) is 15.5 Å². The molecule has 1 aliphatic heterocycles. The van der Waals surface area contributed by atoms with E-state index in [0.29, 0.717) is 19.1 Å². The number of aliphatic imine (C=N–C) groups is 1. The highest BCUT2D eigenvalue weighted by molar-refractivity contribution is 5.96. The zero-order valence-electron chi connectivity index (χ0n) is 21.3. The first-order valence-corrected chi connectivity index (χ1v) is 13.3. The van der Waals surface area contributed by atoms with Gasteiger partial charge in [-0.15, -0.1) is 0 Å². The first kappa shape index (κ1) is 24.4. The van der Waals surface area contributed by atoms with Gasteiger partial charge in [0.2, 0.25) is 0 Å². The molecule has 1 saturated heterocycles. The number of hydrogen-bond acceptors (Lipinski definition) is 3. The summed E-state index contributed by atoms with van der Waals surface area (Å²) < 4.78 is 5.77. The van der Waals surface area contributed by atoms with Crippen LogP contribution in [0.1, 0.15) is 49.7 Å². The second-order valence-corrected chi connectivity index (χ2v) is 10.0. The van der Waals surface area contributed by atoms with Gasteiger partial charge in [-0.2, -0.15) is 0 Å². The largest absolute Gasteiger partial charge is 0.495 e. The molecule has 3 aromatic rings. The molecule has 1 saturated carbocycles. The fourth-order valence-electron chi connectivity index (χ4n) is 5.77. The van der Waals surface area contributed by atoms with Crippen molar-refractivity contribution in [1.29, 1.82) is 0 Å². The molecule has 2 fully saturated rings. The first-order chi connectivity index (χ1) is 17.7. The van der Waals surface area contributed by atoms with Crippen molar-refractivity contribution in [1.82, 2.24) is 4.90 Å². The number of hydrogen-bond donors (Lipinski definition) is 2. The van der Waals surface area contributed by atoms with Gasteiger partial charge < -0.3 is 20.7 Å². The van der Waals surface area contributed by atoms with Crippen LogP contribution in [-0.4, -0.2) is 30.6 Å². The maximum atomic E-state index is 5.79. The van der Waals surface area contributed by atoms with Gasteiger partial charge in [0.05, 0.1) is 19.3 Å². The van der Waals surface area contributed by atoms with Crippen LogP contribution in [0.3, 0.4) is 0 Å². The third-order valence-electron chi connectivity index (χ3n) is 7.74. The Balaban J connectivity index is 1.48. The van der Waals surface area contributed by atoms with Crippen molar-refractivity contribution < 1.29 is 4.74 Å². The molecule has 5 rings (SSSR count). The SMILES string of the molecule is COc1ccc(-c2ccccc2)cc1NC(=NCc1ccc(CN)cc1)N1CCCC2CCCCC21. The second kappa shape index (κ2) is 11.6. The van der Waals surface area contributed by atoms with Crippen molar-refractivity contribution in [3.05, 3.63) is 83.9 Å². The summed E-state index contributed by atoms with van der Waals surface area (Å²) in [6.45, 7) is 2.23. The summed E-state index contributed by atoms with van der Waals surface area (Å²) in [5.41, 5.74) is 11.4. The minimum atomic E-state index is 0.557. The third-order valence-corrected chi connectivity index (χ3v) is 7.74. The lowest BCUT2D eigenvalue weighted by molar-refractivity contribution is 0.119. The molecule has 1 aliphatic carbocycles. The Bertz CT molecular complexity index is 1160. The molecular formula is C31H38N4O. The zero-order valence-corrected chi connectivity index (χ0v) is 21.3. The molecule has 36 heavy (non-hydrogen) atoms. The van der Waals surface area contributed by atoms with Crippen LogP contribution in [0.2, 0.25) is 0 Å². The van der Waals surface area contributed by atoms with E-state index in [2.05, 4.69) is 70.9 Å². The van der Waals surface area contributed by atoms with Crippen molar-refractivity contribution in [2.24, 2.45) is 16.6 Å². The van der Waals surface area contributed by atoms with Crippen molar-refractivity contribution >= 4 is 11.6 Å². The van der Waals surface area contributed by atoms with E-state index in [0.717, 1.165) is 41.0 Å². The van der Waals surface area contributed by atoms with Crippen LogP contribution < -0.4 is 15.8 Å². The summed E-state index contributed by atoms with van der Waals surface area (Å²) in [6.07, 6.45) is 7.79. The number of ether oxygens (including phenoxy) is 1. The quantitative estimate of drug-likeness (QED) is 0.313. The number of methoxy groups -OCH3 is 1. The predicted octanol–water partition coefficient (Wildman–Crippen LogP) is 6.44. The number of piperidine rings is 1. The first-order valence-electron chi connectivity index (χ1n) is 13.3. The van der Waals surface area contributed by atoms with Crippen LogP contribution in [0.25, 0.3) is 11.1 Å². The Hall–Kier alpha value is -3.31. The molecule has 3 N–H and O–H groups in total. The maximum absolute atomic E-state index is 5.79. The predicted molar refractivity (Wildman–Crippen MR) is 149 cm³/mol. The van der Waals surface area contributed by atoms with Crippen molar-refractivity contribution in [3.8, 4) is 16.9 Å². The Labute approximate surface area is 215 Å². The molecule has 0 radical (unpaired) electrons. The van der Waals surface area contributed by atoms with E-state index in [-0.39, 0.29) is 0 Å². The van der Waals surface area contributed by atoms with Crippen LogP contribution in [0, 0.1) is 5.92 Å². The summed E-state index contributed by atoms with van der Waals surface area (Å²) in [4.78, 5) is 7.73. The van der Waals surface area contributed by atoms with Gasteiger partial charge >= 0.3 is 0 Å². The van der Waals surface area contributed by atoms with Crippen molar-refractivity contribution in [2.75, 3.05) is 19.0 Å². The van der Waals surface area contributed by atoms with Crippen molar-refractivity contribution in [3.63, 3.8) is 0 Å². The van der Waals surface area contributed by atoms with Crippen LogP contribution in [0.5, 0.6) is 5.75 Å². The number of nitrogens with zero attached hydrogens (tertiary/aromatic N) is 2. The lowest BCUT2D eigenvalue weighted by atomic mass is 9.78. The van der Waals surface area contributed by atoms with Gasteiger partial charge in [0.1, 0.15) is 5.75 Å². The monoisotopic (exact) mass is 482 g/mol. The number of nitrogens with one attached hydrogen (secondary N) is 1. The van der Waals surface area contributed by atoms with E-state index in [1.807, 2.05) is 12.1 Å². The van der Waals surface area contributed by atoms with Crippen LogP contribution in [0.4, 0.5) is 5.69 Å². The van der Waals surface area contributed by atoms with E-state index >= 15 is 0 Å². The van der Waals surface area contributed by atoms with Gasteiger partial charge in [-0.3, -0.25) is 0 Å². The number of fused-ring (bicyclic) bond motifs is 1. The number of rotatable bonds is 6. The minimum absolute atomic E-state index is 0.557. The van der Waals surface area contributed by atoms with E-state index in [9.17, 15) is 0 Å². The summed E-state index contributed by atoms with van der Waals surface area (Å²) in [6, 6.07) is 25.9. The molecule has 0 aromatic heterocycles. The van der Waals surface area contributed by atoms with Gasteiger partial charge in [0, 0.05) is 19.1 Å². The fourth-order valence-corrected chi connectivity index (χ4v) is 5.77. The molecule has 2 atom stereocenters. The molecule has 0 amide bonds. The molecular weight excluding hydrogens is 444 g/mol. The molecule has 0 bridgehead atoms. The lowest BCUT2D eigenvalue weighted by Gasteiger charge is -2.45. The van der Waals surface area contributed by atoms with Crippen LogP contribution in [0.15, 0.2) is 77.8 Å². The summed E-state index contributed by atoms with van der Waals surface area (Å²) in [7, 11) is 1.73. The van der Waals surface area contributed by atoms with Crippen LogP contribution >= 0.6 is 0 Å². The van der Waals surface area contributed by atoms with E-state index < -0.39 is 0 Å². The molecule has 3 aromatic carbocycles. The van der Waals surface area contributed by atoms with Gasteiger partial charge in [-0.1, -0.05) is 73.5 Å². The van der Waals surface area contributed by atoms with Crippen LogP contribution in [-0.2, 0) is 13.1 Å². The normalized spacial score (nSPS) is 20.1. The minimum Gasteiger partial charge on any atom is -0.495 e. The highest BCUT2D eigenvalue weighted by Crippen LogP contribution is 2.37. The van der Waals surface area contributed by atoms with Gasteiger partial charge in [0.25, 0.3) is 0 Å². The number of benzene rings is 3. The number of anilines is 1. The summed E-state index contributed by atoms with van der Waals surface area (Å²) >= 11 is 0. The zero-order chi connectivity index (χ0) is 24.7. The molecule has 2 unspecified atom stereocenters. The molecule has 188 valence electrons. The smallest absolute Gasteiger partial charge is 0.199 e. The Morgan fingerprint density at radius 1 is 0.917 bits per heavy atom. The average molecular weight is 483 g/mol. The number of nitrogens with two attached hydrogens (primary N) is 1. The van der Waals surface area contributed by atoms with E-state index in [1.165, 1.54) is 49.7 Å². The van der Waals surface area contributed by atoms with Gasteiger partial charge in [0.15, 0.2) is 5.96 Å². The molecule has 5 heteroatoms. The number of likely N-dealkylation sites (tertiary alicyclic amines) is 1. The standard InChI is InChI=1S/C31H38N4O/c1-36-30-18-17-27(25-8-3-2-4-9-25)20-28(30)34-31(33-22-24-15-13-23(21-32)14-16-24)35-19-7-11-26-10-5-6-12-29(26)35/h2-4,8-9,13-18,20,26,29H,5-7,10-12,19,21-22,32H2,1H3,(H,33,34). The Kier molecular flexibility index (Phi) is 7.87. The maximum Gasteiger partial charge on any atom is 0.199 e. The van der Waals surface area contributed by atoms with Gasteiger partial charge in [-0.05, 0) is 66.0 Å². The molecule has 2 aliphatic rings.